The normalized spacial score (nSPS) is 16.4. The van der Waals surface area contributed by atoms with Gasteiger partial charge >= 0.3 is 0 Å². The monoisotopic (exact) mass is 197 g/mol. The van der Waals surface area contributed by atoms with Gasteiger partial charge in [0.25, 0.3) is 0 Å². The van der Waals surface area contributed by atoms with Gasteiger partial charge in [-0.1, -0.05) is 12.2 Å². The first-order chi connectivity index (χ1) is 6.70. The maximum absolute atomic E-state index is 11.2. The van der Waals surface area contributed by atoms with Crippen molar-refractivity contribution in [2.45, 2.75) is 26.2 Å². The van der Waals surface area contributed by atoms with Crippen molar-refractivity contribution in [3.05, 3.63) is 12.2 Å². The molecule has 1 amide bonds. The highest BCUT2D eigenvalue weighted by molar-refractivity contribution is 5.77. The second kappa shape index (κ2) is 5.81. The van der Waals surface area contributed by atoms with Gasteiger partial charge in [-0.3, -0.25) is 4.79 Å². The Kier molecular flexibility index (Phi) is 4.66. The third-order valence-electron chi connectivity index (χ3n) is 2.24. The van der Waals surface area contributed by atoms with Crippen LogP contribution in [0.25, 0.3) is 0 Å². The number of hydrogen-bond donors (Lipinski definition) is 0. The summed E-state index contributed by atoms with van der Waals surface area (Å²) in [5.41, 5.74) is 1.04. The second-order valence-corrected chi connectivity index (χ2v) is 3.85. The zero-order valence-electron chi connectivity index (χ0n) is 8.92. The Balaban J connectivity index is 1.98. The maximum atomic E-state index is 11.2. The minimum atomic E-state index is 0.296. The molecule has 0 spiro atoms. The third-order valence-corrected chi connectivity index (χ3v) is 2.24. The number of likely N-dealkylation sites (tertiary alicyclic amines) is 1. The van der Waals surface area contributed by atoms with E-state index in [1.54, 1.807) is 0 Å². The predicted octanol–water partition coefficient (Wildman–Crippen LogP) is 1.59. The highest BCUT2D eigenvalue weighted by Crippen LogP contribution is 2.09. The van der Waals surface area contributed by atoms with Crippen LogP contribution in [0.1, 0.15) is 26.2 Å². The molecule has 0 unspecified atom stereocenters. The second-order valence-electron chi connectivity index (χ2n) is 3.85. The van der Waals surface area contributed by atoms with E-state index in [0.29, 0.717) is 12.5 Å². The molecule has 1 aliphatic heterocycles. The number of amides is 1. The molecule has 1 heterocycles. The Morgan fingerprint density at radius 3 is 3.00 bits per heavy atom. The van der Waals surface area contributed by atoms with E-state index in [1.165, 1.54) is 0 Å². The summed E-state index contributed by atoms with van der Waals surface area (Å²) in [7, 11) is 0. The Hall–Kier alpha value is -0.830. The van der Waals surface area contributed by atoms with Crippen LogP contribution in [0, 0.1) is 0 Å². The first kappa shape index (κ1) is 11.2. The lowest BCUT2D eigenvalue weighted by Crippen LogP contribution is -2.26. The van der Waals surface area contributed by atoms with E-state index in [4.69, 9.17) is 4.74 Å². The molecule has 3 nitrogen and oxygen atoms in total. The van der Waals surface area contributed by atoms with Gasteiger partial charge in [-0.05, 0) is 19.8 Å². The lowest BCUT2D eigenvalue weighted by atomic mass is 10.4. The largest absolute Gasteiger partial charge is 0.377 e. The quantitative estimate of drug-likeness (QED) is 0.478. The van der Waals surface area contributed by atoms with Crippen LogP contribution in [-0.2, 0) is 9.53 Å². The highest BCUT2D eigenvalue weighted by Gasteiger charge is 2.18. The minimum Gasteiger partial charge on any atom is -0.377 e. The van der Waals surface area contributed by atoms with Crippen molar-refractivity contribution < 1.29 is 9.53 Å². The van der Waals surface area contributed by atoms with Crippen LogP contribution < -0.4 is 0 Å². The van der Waals surface area contributed by atoms with Crippen molar-refractivity contribution in [3.8, 4) is 0 Å². The SMILES string of the molecule is C=C(C)COCCCN1CCCC1=O. The van der Waals surface area contributed by atoms with Crippen molar-refractivity contribution in [1.29, 1.82) is 0 Å². The molecule has 0 aliphatic carbocycles. The lowest BCUT2D eigenvalue weighted by Gasteiger charge is -2.14. The van der Waals surface area contributed by atoms with Gasteiger partial charge in [0.1, 0.15) is 0 Å². The summed E-state index contributed by atoms with van der Waals surface area (Å²) in [5.74, 6) is 0.296. The van der Waals surface area contributed by atoms with E-state index in [1.807, 2.05) is 11.8 Å². The van der Waals surface area contributed by atoms with E-state index in [-0.39, 0.29) is 0 Å². The molecular formula is C11H19NO2. The average molecular weight is 197 g/mol. The summed E-state index contributed by atoms with van der Waals surface area (Å²) in [5, 5.41) is 0. The smallest absolute Gasteiger partial charge is 0.222 e. The molecule has 0 aromatic carbocycles. The number of nitrogens with zero attached hydrogens (tertiary/aromatic N) is 1. The molecule has 0 radical (unpaired) electrons. The molecule has 0 bridgehead atoms. The Labute approximate surface area is 85.7 Å². The van der Waals surface area contributed by atoms with Crippen LogP contribution in [0.3, 0.4) is 0 Å². The van der Waals surface area contributed by atoms with E-state index >= 15 is 0 Å². The van der Waals surface area contributed by atoms with Gasteiger partial charge in [0.15, 0.2) is 0 Å². The third kappa shape index (κ3) is 3.92. The topological polar surface area (TPSA) is 29.5 Å². The molecule has 1 aliphatic rings. The molecule has 0 atom stereocenters. The summed E-state index contributed by atoms with van der Waals surface area (Å²) >= 11 is 0. The van der Waals surface area contributed by atoms with Crippen molar-refractivity contribution in [3.63, 3.8) is 0 Å². The minimum absolute atomic E-state index is 0.296. The molecule has 1 rings (SSSR count). The molecule has 1 saturated heterocycles. The summed E-state index contributed by atoms with van der Waals surface area (Å²) in [6.45, 7) is 8.83. The van der Waals surface area contributed by atoms with Crippen LogP contribution in [0.15, 0.2) is 12.2 Å². The number of hydrogen-bond acceptors (Lipinski definition) is 2. The molecule has 0 aromatic heterocycles. The number of carbonyl (C=O) groups is 1. The van der Waals surface area contributed by atoms with Crippen molar-refractivity contribution in [1.82, 2.24) is 4.90 Å². The van der Waals surface area contributed by atoms with Gasteiger partial charge in [0, 0.05) is 26.1 Å². The zero-order chi connectivity index (χ0) is 10.4. The molecule has 80 valence electrons. The number of carbonyl (C=O) groups excluding carboxylic acids is 1. The van der Waals surface area contributed by atoms with Crippen molar-refractivity contribution >= 4 is 5.91 Å². The first-order valence-electron chi connectivity index (χ1n) is 5.20. The summed E-state index contributed by atoms with van der Waals surface area (Å²) in [4.78, 5) is 13.1. The van der Waals surface area contributed by atoms with Gasteiger partial charge in [-0.2, -0.15) is 0 Å². The lowest BCUT2D eigenvalue weighted by molar-refractivity contribution is -0.127. The van der Waals surface area contributed by atoms with Gasteiger partial charge in [-0.25, -0.2) is 0 Å². The molecule has 14 heavy (non-hydrogen) atoms. The Bertz CT molecular complexity index is 213. The van der Waals surface area contributed by atoms with Crippen LogP contribution in [0.4, 0.5) is 0 Å². The first-order valence-corrected chi connectivity index (χ1v) is 5.20. The van der Waals surface area contributed by atoms with Crippen LogP contribution >= 0.6 is 0 Å². The van der Waals surface area contributed by atoms with Crippen LogP contribution in [0.2, 0.25) is 0 Å². The summed E-state index contributed by atoms with van der Waals surface area (Å²) < 4.78 is 5.35. The van der Waals surface area contributed by atoms with E-state index in [0.717, 1.165) is 44.5 Å². The van der Waals surface area contributed by atoms with Crippen molar-refractivity contribution in [2.24, 2.45) is 0 Å². The Morgan fingerprint density at radius 2 is 2.43 bits per heavy atom. The summed E-state index contributed by atoms with van der Waals surface area (Å²) in [6.07, 6.45) is 2.68. The molecule has 0 aromatic rings. The predicted molar refractivity (Wildman–Crippen MR) is 56.1 cm³/mol. The fourth-order valence-electron chi connectivity index (χ4n) is 1.54. The van der Waals surface area contributed by atoms with Gasteiger partial charge in [0.2, 0.25) is 5.91 Å². The fourth-order valence-corrected chi connectivity index (χ4v) is 1.54. The fraction of sp³-hybridized carbons (Fsp3) is 0.727. The summed E-state index contributed by atoms with van der Waals surface area (Å²) in [6, 6.07) is 0. The van der Waals surface area contributed by atoms with Gasteiger partial charge in [0.05, 0.1) is 6.61 Å². The van der Waals surface area contributed by atoms with Gasteiger partial charge in [-0.15, -0.1) is 0 Å². The molecular weight excluding hydrogens is 178 g/mol. The molecule has 1 fully saturated rings. The molecule has 0 N–H and O–H groups in total. The van der Waals surface area contributed by atoms with Crippen LogP contribution in [0.5, 0.6) is 0 Å². The van der Waals surface area contributed by atoms with E-state index < -0.39 is 0 Å². The maximum Gasteiger partial charge on any atom is 0.222 e. The van der Waals surface area contributed by atoms with E-state index in [2.05, 4.69) is 6.58 Å². The van der Waals surface area contributed by atoms with Crippen LogP contribution in [-0.4, -0.2) is 37.1 Å². The molecule has 0 saturated carbocycles. The van der Waals surface area contributed by atoms with E-state index in [9.17, 15) is 4.79 Å². The van der Waals surface area contributed by atoms with Crippen molar-refractivity contribution in [2.75, 3.05) is 26.3 Å². The van der Waals surface area contributed by atoms with Gasteiger partial charge < -0.3 is 9.64 Å². The average Bonchev–Trinajstić information content (AvgIpc) is 2.51. The number of ether oxygens (including phenoxy) is 1. The standard InChI is InChI=1S/C11H19NO2/c1-10(2)9-14-8-4-7-12-6-3-5-11(12)13/h1,3-9H2,2H3. The zero-order valence-corrected chi connectivity index (χ0v) is 8.92. The Morgan fingerprint density at radius 1 is 1.64 bits per heavy atom. The number of rotatable bonds is 6. The molecule has 3 heteroatoms. The highest BCUT2D eigenvalue weighted by atomic mass is 16.5.